The smallest absolute Gasteiger partial charge is 0.389 e. The molecule has 0 aliphatic rings. The first-order valence-electron chi connectivity index (χ1n) is 12.0. The monoisotopic (exact) mass is 561 g/mol. The Balaban J connectivity index is 1.51. The zero-order valence-electron chi connectivity index (χ0n) is 20.7. The number of carbonyl (C=O) groups is 3. The van der Waals surface area contributed by atoms with Crippen LogP contribution in [0.5, 0.6) is 5.75 Å². The zero-order valence-corrected chi connectivity index (χ0v) is 20.7. The van der Waals surface area contributed by atoms with E-state index < -0.39 is 60.7 Å². The number of benzene rings is 2. The molecule has 0 spiro atoms. The van der Waals surface area contributed by atoms with Gasteiger partial charge in [-0.25, -0.2) is 4.68 Å². The van der Waals surface area contributed by atoms with Crippen LogP contribution in [-0.2, 0) is 16.1 Å². The molecule has 40 heavy (non-hydrogen) atoms. The lowest BCUT2D eigenvalue weighted by Gasteiger charge is -2.23. The first-order chi connectivity index (χ1) is 18.9. The molecule has 11 nitrogen and oxygen atoms in total. The first kappa shape index (κ1) is 28.3. The second kappa shape index (κ2) is 11.2. The number of rotatable bonds is 12. The van der Waals surface area contributed by atoms with E-state index in [1.807, 2.05) is 0 Å². The number of aryl methyl sites for hydroxylation is 1. The fourth-order valence-electron chi connectivity index (χ4n) is 4.08. The number of aliphatic carboxylic acids is 2. The molecule has 4 rings (SSSR count). The highest BCUT2D eigenvalue weighted by Gasteiger charge is 2.48. The highest BCUT2D eigenvalue weighted by Crippen LogP contribution is 2.32. The van der Waals surface area contributed by atoms with Gasteiger partial charge in [0.1, 0.15) is 16.8 Å². The van der Waals surface area contributed by atoms with Gasteiger partial charge in [0, 0.05) is 24.8 Å². The molecule has 4 aromatic rings. The minimum atomic E-state index is -4.30. The molecule has 2 aromatic carbocycles. The van der Waals surface area contributed by atoms with Crippen molar-refractivity contribution < 1.29 is 46.9 Å². The fourth-order valence-corrected chi connectivity index (χ4v) is 4.08. The zero-order chi connectivity index (χ0) is 29.1. The molecule has 0 amide bonds. The Morgan fingerprint density at radius 3 is 2.42 bits per heavy atom. The number of carboxylic acids is 2. The van der Waals surface area contributed by atoms with Gasteiger partial charge in [0.2, 0.25) is 0 Å². The van der Waals surface area contributed by atoms with Crippen LogP contribution >= 0.6 is 0 Å². The average Bonchev–Trinajstić information content (AvgIpc) is 3.33. The van der Waals surface area contributed by atoms with Crippen LogP contribution in [0, 0.1) is 5.41 Å². The molecular formula is C26H22F3N3O8. The molecule has 2 heterocycles. The Bertz CT molecular complexity index is 1630. The van der Waals surface area contributed by atoms with Gasteiger partial charge in [-0.15, -0.1) is 5.10 Å². The van der Waals surface area contributed by atoms with E-state index in [9.17, 15) is 42.6 Å². The van der Waals surface area contributed by atoms with Gasteiger partial charge in [0.25, 0.3) is 5.56 Å². The second-order valence-corrected chi connectivity index (χ2v) is 9.05. The molecule has 0 saturated heterocycles. The van der Waals surface area contributed by atoms with Crippen LogP contribution in [0.1, 0.15) is 36.2 Å². The Hall–Kier alpha value is -4.75. The van der Waals surface area contributed by atoms with Gasteiger partial charge in [-0.1, -0.05) is 17.3 Å². The van der Waals surface area contributed by atoms with Crippen molar-refractivity contribution >= 4 is 39.6 Å². The highest BCUT2D eigenvalue weighted by atomic mass is 19.4. The number of ether oxygens (including phenoxy) is 1. The van der Waals surface area contributed by atoms with Crippen LogP contribution in [0.2, 0.25) is 0 Å². The lowest BCUT2D eigenvalue weighted by atomic mass is 9.79. The maximum Gasteiger partial charge on any atom is 0.389 e. The quantitative estimate of drug-likeness (QED) is 0.146. The Morgan fingerprint density at radius 1 is 1.00 bits per heavy atom. The first-order valence-corrected chi connectivity index (χ1v) is 12.0. The van der Waals surface area contributed by atoms with Crippen molar-refractivity contribution in [1.82, 2.24) is 15.0 Å². The van der Waals surface area contributed by atoms with Gasteiger partial charge >= 0.3 is 18.1 Å². The summed E-state index contributed by atoms with van der Waals surface area (Å²) in [5.74, 6) is -4.60. The molecule has 2 N–H and O–H groups in total. The maximum atomic E-state index is 13.0. The summed E-state index contributed by atoms with van der Waals surface area (Å²) in [5, 5.41) is 27.9. The Kier molecular flexibility index (Phi) is 7.89. The van der Waals surface area contributed by atoms with Crippen molar-refractivity contribution in [3.63, 3.8) is 0 Å². The van der Waals surface area contributed by atoms with Gasteiger partial charge in [0.05, 0.1) is 12.0 Å². The van der Waals surface area contributed by atoms with E-state index >= 15 is 0 Å². The van der Waals surface area contributed by atoms with E-state index in [0.29, 0.717) is 10.9 Å². The van der Waals surface area contributed by atoms with E-state index in [2.05, 4.69) is 10.3 Å². The molecule has 210 valence electrons. The van der Waals surface area contributed by atoms with Crippen LogP contribution < -0.4 is 10.3 Å². The summed E-state index contributed by atoms with van der Waals surface area (Å²) < 4.78 is 48.5. The minimum absolute atomic E-state index is 0.195. The van der Waals surface area contributed by atoms with E-state index in [1.54, 1.807) is 18.2 Å². The summed E-state index contributed by atoms with van der Waals surface area (Å²) in [6.07, 6.45) is -7.20. The molecule has 0 unspecified atom stereocenters. The van der Waals surface area contributed by atoms with Crippen molar-refractivity contribution in [1.29, 1.82) is 0 Å². The average molecular weight is 561 g/mol. The van der Waals surface area contributed by atoms with Gasteiger partial charge in [-0.3, -0.25) is 19.2 Å². The number of aromatic nitrogens is 3. The van der Waals surface area contributed by atoms with E-state index in [1.165, 1.54) is 30.3 Å². The Labute approximate surface area is 222 Å². The normalized spacial score (nSPS) is 12.1. The van der Waals surface area contributed by atoms with Crippen LogP contribution in [0.4, 0.5) is 13.2 Å². The van der Waals surface area contributed by atoms with Crippen molar-refractivity contribution in [2.45, 2.75) is 38.4 Å². The fraction of sp³-hybridized carbons (Fsp3) is 0.308. The SMILES string of the molecule is O=C(CC(CCn1nnc2ccccc2c1=O)(C(=O)O)C(=O)O)c1cc2cc(OCCCC(F)(F)F)ccc2o1. The van der Waals surface area contributed by atoms with Crippen molar-refractivity contribution in [3.05, 3.63) is 64.6 Å². The molecule has 0 aliphatic heterocycles. The van der Waals surface area contributed by atoms with E-state index in [0.717, 1.165) is 4.68 Å². The van der Waals surface area contributed by atoms with Crippen LogP contribution in [0.25, 0.3) is 21.9 Å². The number of carbonyl (C=O) groups excluding carboxylic acids is 1. The number of fused-ring (bicyclic) bond motifs is 2. The Morgan fingerprint density at radius 2 is 1.73 bits per heavy atom. The summed E-state index contributed by atoms with van der Waals surface area (Å²) in [6, 6.07) is 11.8. The lowest BCUT2D eigenvalue weighted by molar-refractivity contribution is -0.165. The predicted molar refractivity (Wildman–Crippen MR) is 132 cm³/mol. The number of hydrogen-bond acceptors (Lipinski definition) is 8. The molecule has 2 aromatic heterocycles. The maximum absolute atomic E-state index is 13.0. The number of Topliss-reactive ketones (excluding diaryl/α,β-unsaturated/α-hetero) is 1. The van der Waals surface area contributed by atoms with Crippen molar-refractivity contribution in [3.8, 4) is 5.75 Å². The number of nitrogens with zero attached hydrogens (tertiary/aromatic N) is 3. The third-order valence-corrected chi connectivity index (χ3v) is 6.30. The molecule has 0 fully saturated rings. The van der Waals surface area contributed by atoms with Gasteiger partial charge in [0.15, 0.2) is 17.0 Å². The third kappa shape index (κ3) is 6.11. The number of ketones is 1. The van der Waals surface area contributed by atoms with Crippen LogP contribution in [-0.4, -0.2) is 55.7 Å². The number of furan rings is 1. The highest BCUT2D eigenvalue weighted by molar-refractivity contribution is 6.06. The summed E-state index contributed by atoms with van der Waals surface area (Å²) in [7, 11) is 0. The molecule has 0 saturated carbocycles. The van der Waals surface area contributed by atoms with Crippen LogP contribution in [0.15, 0.2) is 57.7 Å². The predicted octanol–water partition coefficient (Wildman–Crippen LogP) is 4.08. The van der Waals surface area contributed by atoms with Crippen molar-refractivity contribution in [2.24, 2.45) is 5.41 Å². The van der Waals surface area contributed by atoms with Crippen LogP contribution in [0.3, 0.4) is 0 Å². The van der Waals surface area contributed by atoms with Crippen molar-refractivity contribution in [2.75, 3.05) is 6.61 Å². The van der Waals surface area contributed by atoms with Gasteiger partial charge < -0.3 is 19.4 Å². The minimum Gasteiger partial charge on any atom is -0.494 e. The summed E-state index contributed by atoms with van der Waals surface area (Å²) in [6.45, 7) is -0.642. The number of carboxylic acid groups (broad SMARTS) is 2. The van der Waals surface area contributed by atoms with E-state index in [-0.39, 0.29) is 35.5 Å². The molecule has 0 aliphatic carbocycles. The molecule has 0 bridgehead atoms. The van der Waals surface area contributed by atoms with Gasteiger partial charge in [-0.2, -0.15) is 13.2 Å². The largest absolute Gasteiger partial charge is 0.494 e. The number of alkyl halides is 3. The molecule has 14 heteroatoms. The lowest BCUT2D eigenvalue weighted by Crippen LogP contribution is -2.43. The van der Waals surface area contributed by atoms with E-state index in [4.69, 9.17) is 9.15 Å². The molecule has 0 radical (unpaired) electrons. The topological polar surface area (TPSA) is 162 Å². The molecular weight excluding hydrogens is 539 g/mol. The summed E-state index contributed by atoms with van der Waals surface area (Å²) in [4.78, 5) is 50.1. The summed E-state index contributed by atoms with van der Waals surface area (Å²) in [5.41, 5.74) is -2.72. The second-order valence-electron chi connectivity index (χ2n) is 9.05. The standard InChI is InChI=1S/C26H22F3N3O8/c27-26(28,29)8-3-11-39-16-6-7-20-15(12-16)13-21(40-20)19(33)14-25(23(35)36,24(37)38)9-10-32-22(34)17-4-1-2-5-18(17)30-31-32/h1-2,4-7,12-13H,3,8-11,14H2,(H,35,36)(H,37,38). The molecule has 0 atom stereocenters. The van der Waals surface area contributed by atoms with Gasteiger partial charge in [-0.05, 0) is 49.2 Å². The number of halogens is 3. The third-order valence-electron chi connectivity index (χ3n) is 6.30. The summed E-state index contributed by atoms with van der Waals surface area (Å²) >= 11 is 0. The number of hydrogen-bond donors (Lipinski definition) is 2.